The third-order valence-electron chi connectivity index (χ3n) is 6.67. The molecule has 0 spiro atoms. The molecule has 0 aliphatic carbocycles. The first kappa shape index (κ1) is 23.3. The molecule has 5 rings (SSSR count). The van der Waals surface area contributed by atoms with Crippen LogP contribution in [0.25, 0.3) is 16.7 Å². The second-order valence-electron chi connectivity index (χ2n) is 8.96. The number of hydrogen-bond acceptors (Lipinski definition) is 5. The quantitative estimate of drug-likeness (QED) is 0.379. The number of amides is 1. The summed E-state index contributed by atoms with van der Waals surface area (Å²) in [6.45, 7) is 7.06. The largest absolute Gasteiger partial charge is 0.354 e. The molecule has 2 aromatic heterocycles. The maximum atomic E-state index is 13.2. The lowest BCUT2D eigenvalue weighted by molar-refractivity contribution is 0.0767. The molecule has 1 aliphatic rings. The Morgan fingerprint density at radius 2 is 1.77 bits per heavy atom. The number of para-hydroxylation sites is 1. The highest BCUT2D eigenvalue weighted by Crippen LogP contribution is 2.29. The topological polar surface area (TPSA) is 67.2 Å². The van der Waals surface area contributed by atoms with Gasteiger partial charge in [-0.1, -0.05) is 55.8 Å². The van der Waals surface area contributed by atoms with Gasteiger partial charge in [0.15, 0.2) is 5.65 Å². The van der Waals surface area contributed by atoms with Crippen molar-refractivity contribution in [1.82, 2.24) is 24.6 Å². The molecule has 35 heavy (non-hydrogen) atoms. The number of aromatic nitrogens is 4. The van der Waals surface area contributed by atoms with E-state index in [1.165, 1.54) is 0 Å². The van der Waals surface area contributed by atoms with Gasteiger partial charge in [0.2, 0.25) is 0 Å². The molecule has 0 unspecified atom stereocenters. The van der Waals surface area contributed by atoms with E-state index in [-0.39, 0.29) is 11.8 Å². The third-order valence-corrected chi connectivity index (χ3v) is 7.00. The molecule has 2 aromatic carbocycles. The average Bonchev–Trinajstić information content (AvgIpc) is 3.17. The third kappa shape index (κ3) is 4.60. The summed E-state index contributed by atoms with van der Waals surface area (Å²) >= 11 is 6.30. The van der Waals surface area contributed by atoms with Crippen LogP contribution in [-0.4, -0.2) is 56.7 Å². The van der Waals surface area contributed by atoms with Gasteiger partial charge in [0.1, 0.15) is 11.6 Å². The van der Waals surface area contributed by atoms with Crippen molar-refractivity contribution in [2.75, 3.05) is 31.1 Å². The average molecular weight is 489 g/mol. The summed E-state index contributed by atoms with van der Waals surface area (Å²) in [5.41, 5.74) is 2.33. The highest BCUT2D eigenvalue weighted by Gasteiger charge is 2.25. The lowest BCUT2D eigenvalue weighted by atomic mass is 10.1. The fraction of sp³-hybridized carbons (Fsp3) is 0.333. The van der Waals surface area contributed by atoms with E-state index >= 15 is 0 Å². The number of hydrogen-bond donors (Lipinski definition) is 0. The van der Waals surface area contributed by atoms with Crippen molar-refractivity contribution < 1.29 is 4.79 Å². The van der Waals surface area contributed by atoms with Gasteiger partial charge in [0, 0.05) is 32.1 Å². The minimum atomic E-state index is -0.0255. The van der Waals surface area contributed by atoms with Crippen LogP contribution in [0.15, 0.2) is 60.8 Å². The van der Waals surface area contributed by atoms with E-state index in [4.69, 9.17) is 21.6 Å². The van der Waals surface area contributed by atoms with Gasteiger partial charge in [0.05, 0.1) is 27.9 Å². The van der Waals surface area contributed by atoms with Crippen LogP contribution < -0.4 is 4.90 Å². The van der Waals surface area contributed by atoms with E-state index in [1.807, 2.05) is 58.2 Å². The molecule has 8 heteroatoms. The van der Waals surface area contributed by atoms with Crippen molar-refractivity contribution in [3.05, 3.63) is 77.2 Å². The second-order valence-corrected chi connectivity index (χ2v) is 9.36. The fourth-order valence-corrected chi connectivity index (χ4v) is 4.67. The molecule has 3 heterocycles. The van der Waals surface area contributed by atoms with Gasteiger partial charge in [-0.05, 0) is 37.1 Å². The number of benzene rings is 2. The van der Waals surface area contributed by atoms with Gasteiger partial charge in [0.25, 0.3) is 5.91 Å². The molecule has 7 nitrogen and oxygen atoms in total. The van der Waals surface area contributed by atoms with E-state index in [0.29, 0.717) is 30.2 Å². The zero-order chi connectivity index (χ0) is 24.4. The number of carbonyl (C=O) groups is 1. The number of halogens is 1. The number of fused-ring (bicyclic) bond motifs is 1. The van der Waals surface area contributed by atoms with Gasteiger partial charge in [-0.3, -0.25) is 4.79 Å². The summed E-state index contributed by atoms with van der Waals surface area (Å²) in [5, 5.41) is 6.08. The van der Waals surface area contributed by atoms with Crippen molar-refractivity contribution in [3.63, 3.8) is 0 Å². The highest BCUT2D eigenvalue weighted by molar-refractivity contribution is 6.33. The Morgan fingerprint density at radius 3 is 2.54 bits per heavy atom. The predicted octanol–water partition coefficient (Wildman–Crippen LogP) is 5.33. The molecule has 1 aliphatic heterocycles. The van der Waals surface area contributed by atoms with E-state index in [1.54, 1.807) is 12.1 Å². The normalized spacial score (nSPS) is 15.3. The highest BCUT2D eigenvalue weighted by atomic mass is 35.5. The van der Waals surface area contributed by atoms with Crippen molar-refractivity contribution in [3.8, 4) is 5.69 Å². The number of rotatable bonds is 5. The van der Waals surface area contributed by atoms with Gasteiger partial charge >= 0.3 is 0 Å². The Kier molecular flexibility index (Phi) is 6.68. The summed E-state index contributed by atoms with van der Waals surface area (Å²) in [4.78, 5) is 27.3. The second kappa shape index (κ2) is 10.0. The lowest BCUT2D eigenvalue weighted by Crippen LogP contribution is -2.35. The first-order chi connectivity index (χ1) is 17.1. The van der Waals surface area contributed by atoms with Gasteiger partial charge in [-0.25, -0.2) is 14.6 Å². The molecule has 0 saturated carbocycles. The fourth-order valence-electron chi connectivity index (χ4n) is 4.45. The zero-order valence-electron chi connectivity index (χ0n) is 20.1. The Hall–Kier alpha value is -3.45. The minimum Gasteiger partial charge on any atom is -0.354 e. The first-order valence-corrected chi connectivity index (χ1v) is 12.5. The van der Waals surface area contributed by atoms with Crippen LogP contribution in [0, 0.1) is 0 Å². The monoisotopic (exact) mass is 488 g/mol. The van der Waals surface area contributed by atoms with Gasteiger partial charge in [-0.2, -0.15) is 5.10 Å². The minimum absolute atomic E-state index is 0.0255. The standard InChI is InChI=1S/C27H29ClN6O/c1-3-19(2)24-30-25(22-18-29-34(26(22)31-24)20-10-5-4-6-11-20)32-14-9-15-33(17-16-32)27(35)21-12-7-8-13-23(21)28/h4-8,10-13,18-19H,3,9,14-17H2,1-2H3/t19-/m0/s1. The van der Waals surface area contributed by atoms with E-state index in [9.17, 15) is 4.79 Å². The van der Waals surface area contributed by atoms with Crippen LogP contribution in [0.2, 0.25) is 5.02 Å². The molecule has 1 amide bonds. The first-order valence-electron chi connectivity index (χ1n) is 12.2. The summed E-state index contributed by atoms with van der Waals surface area (Å²) in [6, 6.07) is 17.3. The Bertz CT molecular complexity index is 1340. The Labute approximate surface area is 210 Å². The van der Waals surface area contributed by atoms with Gasteiger partial charge in [-0.15, -0.1) is 0 Å². The molecular weight excluding hydrogens is 460 g/mol. The van der Waals surface area contributed by atoms with Gasteiger partial charge < -0.3 is 9.80 Å². The maximum Gasteiger partial charge on any atom is 0.255 e. The molecule has 1 saturated heterocycles. The molecule has 1 atom stereocenters. The summed E-state index contributed by atoms with van der Waals surface area (Å²) in [6.07, 6.45) is 3.65. The molecule has 4 aromatic rings. The number of carbonyl (C=O) groups excluding carboxylic acids is 1. The van der Waals surface area contributed by atoms with Crippen molar-refractivity contribution in [2.45, 2.75) is 32.6 Å². The van der Waals surface area contributed by atoms with Crippen LogP contribution >= 0.6 is 11.6 Å². The molecule has 180 valence electrons. The summed E-state index contributed by atoms with van der Waals surface area (Å²) in [5.74, 6) is 1.91. The van der Waals surface area contributed by atoms with Crippen molar-refractivity contribution in [2.24, 2.45) is 0 Å². The van der Waals surface area contributed by atoms with Crippen LogP contribution in [0.1, 0.15) is 48.8 Å². The number of nitrogens with zero attached hydrogens (tertiary/aromatic N) is 6. The van der Waals surface area contributed by atoms with E-state index in [0.717, 1.165) is 47.7 Å². The number of anilines is 1. The maximum absolute atomic E-state index is 13.2. The van der Waals surface area contributed by atoms with Crippen molar-refractivity contribution >= 4 is 34.4 Å². The predicted molar refractivity (Wildman–Crippen MR) is 140 cm³/mol. The van der Waals surface area contributed by atoms with Crippen LogP contribution in [0.3, 0.4) is 0 Å². The SMILES string of the molecule is CC[C@H](C)c1nc(N2CCCN(C(=O)c3ccccc3Cl)CC2)c2cnn(-c3ccccc3)c2n1. The lowest BCUT2D eigenvalue weighted by Gasteiger charge is -2.24. The van der Waals surface area contributed by atoms with Crippen LogP contribution in [0.5, 0.6) is 0 Å². The summed E-state index contributed by atoms with van der Waals surface area (Å²) < 4.78 is 1.89. The van der Waals surface area contributed by atoms with Crippen LogP contribution in [-0.2, 0) is 0 Å². The van der Waals surface area contributed by atoms with E-state index in [2.05, 4.69) is 23.8 Å². The van der Waals surface area contributed by atoms with E-state index < -0.39 is 0 Å². The smallest absolute Gasteiger partial charge is 0.255 e. The molecular formula is C27H29ClN6O. The molecule has 0 radical (unpaired) electrons. The molecule has 1 fully saturated rings. The zero-order valence-corrected chi connectivity index (χ0v) is 20.8. The molecule has 0 bridgehead atoms. The Balaban J connectivity index is 1.49. The Morgan fingerprint density at radius 1 is 1.00 bits per heavy atom. The van der Waals surface area contributed by atoms with Crippen LogP contribution in [0.4, 0.5) is 5.82 Å². The van der Waals surface area contributed by atoms with Crippen molar-refractivity contribution in [1.29, 1.82) is 0 Å². The molecule has 0 N–H and O–H groups in total. The summed E-state index contributed by atoms with van der Waals surface area (Å²) in [7, 11) is 0.